The van der Waals surface area contributed by atoms with Crippen molar-refractivity contribution in [1.82, 2.24) is 14.8 Å². The van der Waals surface area contributed by atoms with Gasteiger partial charge in [0.05, 0.1) is 12.6 Å². The highest BCUT2D eigenvalue weighted by Gasteiger charge is 2.05. The van der Waals surface area contributed by atoms with Gasteiger partial charge >= 0.3 is 0 Å². The third-order valence-electron chi connectivity index (χ3n) is 2.22. The first-order chi connectivity index (χ1) is 7.65. The molecule has 0 aliphatic rings. The molecule has 84 valence electrons. The summed E-state index contributed by atoms with van der Waals surface area (Å²) >= 11 is 5.81. The topological polar surface area (TPSA) is 56.7 Å². The van der Waals surface area contributed by atoms with E-state index in [2.05, 4.69) is 10.1 Å². The summed E-state index contributed by atoms with van der Waals surface area (Å²) in [5, 5.41) is 5.01. The Kier molecular flexibility index (Phi) is 3.22. The smallest absolute Gasteiger partial charge is 0.166 e. The summed E-state index contributed by atoms with van der Waals surface area (Å²) in [4.78, 5) is 4.13. The van der Waals surface area contributed by atoms with E-state index in [-0.39, 0.29) is 6.04 Å². The molecule has 1 atom stereocenters. The standard InChI is InChI=1S/C11H13ClN4/c1-8(13)11-14-7-16(15-11)6-9-2-4-10(12)5-3-9/h2-5,7-8H,6,13H2,1H3. The van der Waals surface area contributed by atoms with Crippen molar-refractivity contribution in [2.24, 2.45) is 5.73 Å². The van der Waals surface area contributed by atoms with Gasteiger partial charge in [0.25, 0.3) is 0 Å². The molecule has 0 amide bonds. The van der Waals surface area contributed by atoms with E-state index < -0.39 is 0 Å². The van der Waals surface area contributed by atoms with E-state index in [1.165, 1.54) is 0 Å². The van der Waals surface area contributed by atoms with Crippen LogP contribution in [0.2, 0.25) is 5.02 Å². The van der Waals surface area contributed by atoms with E-state index in [0.29, 0.717) is 12.4 Å². The van der Waals surface area contributed by atoms with Crippen LogP contribution < -0.4 is 5.73 Å². The average molecular weight is 237 g/mol. The van der Waals surface area contributed by atoms with Gasteiger partial charge in [-0.05, 0) is 24.6 Å². The molecule has 1 aromatic carbocycles. The minimum Gasteiger partial charge on any atom is -0.321 e. The molecule has 1 heterocycles. The number of hydrogen-bond acceptors (Lipinski definition) is 3. The molecule has 0 saturated carbocycles. The van der Waals surface area contributed by atoms with Crippen LogP contribution in [0.3, 0.4) is 0 Å². The van der Waals surface area contributed by atoms with E-state index >= 15 is 0 Å². The Morgan fingerprint density at radius 1 is 1.38 bits per heavy atom. The Labute approximate surface area is 99.1 Å². The molecule has 0 saturated heterocycles. The zero-order valence-electron chi connectivity index (χ0n) is 8.97. The van der Waals surface area contributed by atoms with Gasteiger partial charge in [-0.1, -0.05) is 23.7 Å². The van der Waals surface area contributed by atoms with E-state index in [1.54, 1.807) is 11.0 Å². The fourth-order valence-electron chi connectivity index (χ4n) is 1.37. The minimum atomic E-state index is -0.133. The number of nitrogens with zero attached hydrogens (tertiary/aromatic N) is 3. The van der Waals surface area contributed by atoms with Gasteiger partial charge in [0.15, 0.2) is 5.82 Å². The lowest BCUT2D eigenvalue weighted by Crippen LogP contribution is -2.08. The number of aromatic nitrogens is 3. The zero-order valence-corrected chi connectivity index (χ0v) is 9.72. The highest BCUT2D eigenvalue weighted by atomic mass is 35.5. The Morgan fingerprint density at radius 3 is 2.62 bits per heavy atom. The van der Waals surface area contributed by atoms with Gasteiger partial charge in [-0.2, -0.15) is 5.10 Å². The van der Waals surface area contributed by atoms with Crippen LogP contribution in [0, 0.1) is 0 Å². The molecule has 0 fully saturated rings. The molecule has 5 heteroatoms. The molecule has 0 radical (unpaired) electrons. The van der Waals surface area contributed by atoms with Crippen molar-refractivity contribution in [3.63, 3.8) is 0 Å². The number of nitrogens with two attached hydrogens (primary N) is 1. The third kappa shape index (κ3) is 2.59. The van der Waals surface area contributed by atoms with Crippen LogP contribution in [0.15, 0.2) is 30.6 Å². The fourth-order valence-corrected chi connectivity index (χ4v) is 1.50. The van der Waals surface area contributed by atoms with E-state index in [1.807, 2.05) is 31.2 Å². The molecule has 1 unspecified atom stereocenters. The van der Waals surface area contributed by atoms with Gasteiger partial charge < -0.3 is 5.73 Å². The summed E-state index contributed by atoms with van der Waals surface area (Å²) in [6.45, 7) is 2.54. The fraction of sp³-hybridized carbons (Fsp3) is 0.273. The second kappa shape index (κ2) is 4.63. The second-order valence-corrected chi connectivity index (χ2v) is 4.15. The first kappa shape index (κ1) is 11.1. The minimum absolute atomic E-state index is 0.133. The normalized spacial score (nSPS) is 12.7. The molecule has 2 aromatic rings. The molecule has 0 aliphatic heterocycles. The Bertz CT molecular complexity index is 461. The Balaban J connectivity index is 2.11. The van der Waals surface area contributed by atoms with Crippen molar-refractivity contribution in [3.05, 3.63) is 47.0 Å². The molecular weight excluding hydrogens is 224 g/mol. The first-order valence-corrected chi connectivity index (χ1v) is 5.42. The monoisotopic (exact) mass is 236 g/mol. The molecule has 0 spiro atoms. The summed E-state index contributed by atoms with van der Waals surface area (Å²) in [6, 6.07) is 7.53. The summed E-state index contributed by atoms with van der Waals surface area (Å²) < 4.78 is 1.77. The zero-order chi connectivity index (χ0) is 11.5. The molecule has 2 rings (SSSR count). The van der Waals surface area contributed by atoms with E-state index in [9.17, 15) is 0 Å². The van der Waals surface area contributed by atoms with Gasteiger partial charge in [0.2, 0.25) is 0 Å². The first-order valence-electron chi connectivity index (χ1n) is 5.04. The number of benzene rings is 1. The third-order valence-corrected chi connectivity index (χ3v) is 2.47. The number of hydrogen-bond donors (Lipinski definition) is 1. The molecule has 0 bridgehead atoms. The van der Waals surface area contributed by atoms with Gasteiger partial charge in [-0.3, -0.25) is 0 Å². The van der Waals surface area contributed by atoms with Crippen LogP contribution in [0.1, 0.15) is 24.4 Å². The van der Waals surface area contributed by atoms with Crippen molar-refractivity contribution in [2.45, 2.75) is 19.5 Å². The maximum absolute atomic E-state index is 5.81. The van der Waals surface area contributed by atoms with Crippen molar-refractivity contribution >= 4 is 11.6 Å². The van der Waals surface area contributed by atoms with Crippen LogP contribution in [0.25, 0.3) is 0 Å². The quantitative estimate of drug-likeness (QED) is 0.887. The molecule has 0 aliphatic carbocycles. The van der Waals surface area contributed by atoms with Gasteiger partial charge in [0, 0.05) is 5.02 Å². The molecular formula is C11H13ClN4. The van der Waals surface area contributed by atoms with Crippen LogP contribution in [-0.4, -0.2) is 14.8 Å². The lowest BCUT2D eigenvalue weighted by Gasteiger charge is -2.01. The van der Waals surface area contributed by atoms with Gasteiger partial charge in [-0.15, -0.1) is 0 Å². The largest absolute Gasteiger partial charge is 0.321 e. The van der Waals surface area contributed by atoms with Crippen LogP contribution in [0.5, 0.6) is 0 Å². The lowest BCUT2D eigenvalue weighted by molar-refractivity contribution is 0.649. The van der Waals surface area contributed by atoms with Crippen LogP contribution in [-0.2, 0) is 6.54 Å². The van der Waals surface area contributed by atoms with Crippen molar-refractivity contribution in [3.8, 4) is 0 Å². The van der Waals surface area contributed by atoms with Gasteiger partial charge in [0.1, 0.15) is 6.33 Å². The highest BCUT2D eigenvalue weighted by Crippen LogP contribution is 2.10. The van der Waals surface area contributed by atoms with E-state index in [4.69, 9.17) is 17.3 Å². The van der Waals surface area contributed by atoms with Crippen LogP contribution in [0.4, 0.5) is 0 Å². The predicted octanol–water partition coefficient (Wildman–Crippen LogP) is 2.00. The highest BCUT2D eigenvalue weighted by molar-refractivity contribution is 6.30. The Morgan fingerprint density at radius 2 is 2.06 bits per heavy atom. The maximum Gasteiger partial charge on any atom is 0.166 e. The van der Waals surface area contributed by atoms with Crippen LogP contribution >= 0.6 is 11.6 Å². The van der Waals surface area contributed by atoms with E-state index in [0.717, 1.165) is 10.6 Å². The SMILES string of the molecule is CC(N)c1ncn(Cc2ccc(Cl)cc2)n1. The van der Waals surface area contributed by atoms with Crippen molar-refractivity contribution < 1.29 is 0 Å². The number of rotatable bonds is 3. The second-order valence-electron chi connectivity index (χ2n) is 3.72. The lowest BCUT2D eigenvalue weighted by atomic mass is 10.2. The maximum atomic E-state index is 5.81. The summed E-state index contributed by atoms with van der Waals surface area (Å²) in [5.74, 6) is 0.661. The summed E-state index contributed by atoms with van der Waals surface area (Å²) in [5.41, 5.74) is 6.81. The summed E-state index contributed by atoms with van der Waals surface area (Å²) in [7, 11) is 0. The van der Waals surface area contributed by atoms with Gasteiger partial charge in [-0.25, -0.2) is 9.67 Å². The molecule has 4 nitrogen and oxygen atoms in total. The number of halogens is 1. The average Bonchev–Trinajstić information content (AvgIpc) is 2.70. The predicted molar refractivity (Wildman–Crippen MR) is 63.2 cm³/mol. The summed E-state index contributed by atoms with van der Waals surface area (Å²) in [6.07, 6.45) is 1.69. The molecule has 2 N–H and O–H groups in total. The van der Waals surface area contributed by atoms with Crippen molar-refractivity contribution in [1.29, 1.82) is 0 Å². The molecule has 16 heavy (non-hydrogen) atoms. The Hall–Kier alpha value is -1.39. The van der Waals surface area contributed by atoms with Crippen molar-refractivity contribution in [2.75, 3.05) is 0 Å². The molecule has 1 aromatic heterocycles.